The number of thioether (sulfide) groups is 1. The number of aromatic nitrogens is 1. The number of fused-ring (bicyclic) bond motifs is 9. The smallest absolute Gasteiger partial charge is 0.416 e. The Labute approximate surface area is 280 Å². The number of hydrogen-bond acceptors (Lipinski definition) is 7. The number of halogens is 3. The van der Waals surface area contributed by atoms with Crippen molar-refractivity contribution in [3.8, 4) is 5.75 Å². The second-order valence-corrected chi connectivity index (χ2v) is 15.0. The summed E-state index contributed by atoms with van der Waals surface area (Å²) in [5.41, 5.74) is 1.45. The lowest BCUT2D eigenvalue weighted by Crippen LogP contribution is -2.42. The SMILES string of the molecule is Cc1ccc(N2C(=O)C3C4CC(C3C2=O)C2C4Sc3[nH]c(=O)sc3[C@@H]2c2ccccc2OCC(=O)Nc2cccc(C(F)(F)F)c2)cc1. The van der Waals surface area contributed by atoms with Gasteiger partial charge in [-0.05, 0) is 67.5 Å². The summed E-state index contributed by atoms with van der Waals surface area (Å²) in [7, 11) is 0. The molecule has 6 unspecified atom stereocenters. The van der Waals surface area contributed by atoms with Crippen LogP contribution in [0.3, 0.4) is 0 Å². The Morgan fingerprint density at radius 3 is 2.46 bits per heavy atom. The van der Waals surface area contributed by atoms with Crippen molar-refractivity contribution >= 4 is 52.2 Å². The molecular weight excluding hydrogens is 664 g/mol. The molecule has 2 bridgehead atoms. The van der Waals surface area contributed by atoms with Gasteiger partial charge < -0.3 is 15.0 Å². The number of ether oxygens (including phenoxy) is 1. The molecule has 7 atom stereocenters. The molecule has 13 heteroatoms. The number of hydrogen-bond donors (Lipinski definition) is 2. The van der Waals surface area contributed by atoms with Crippen LogP contribution < -0.4 is 19.8 Å². The monoisotopic (exact) mass is 691 g/mol. The Bertz CT molecular complexity index is 2030. The molecule has 246 valence electrons. The molecule has 1 saturated heterocycles. The van der Waals surface area contributed by atoms with E-state index in [-0.39, 0.29) is 51.3 Å². The fourth-order valence-corrected chi connectivity index (χ4v) is 11.2. The van der Waals surface area contributed by atoms with Gasteiger partial charge in [0.1, 0.15) is 5.75 Å². The maximum absolute atomic E-state index is 14.0. The highest BCUT2D eigenvalue weighted by molar-refractivity contribution is 8.00. The molecule has 4 aliphatic rings. The quantitative estimate of drug-likeness (QED) is 0.225. The zero-order chi connectivity index (χ0) is 33.5. The lowest BCUT2D eigenvalue weighted by Gasteiger charge is -2.43. The third kappa shape index (κ3) is 4.97. The number of anilines is 2. The molecule has 2 aliphatic carbocycles. The summed E-state index contributed by atoms with van der Waals surface area (Å²) in [6.07, 6.45) is -3.83. The number of amides is 3. The highest BCUT2D eigenvalue weighted by Gasteiger charge is 2.69. The van der Waals surface area contributed by atoms with Crippen LogP contribution in [-0.4, -0.2) is 34.6 Å². The van der Waals surface area contributed by atoms with E-state index < -0.39 is 36.1 Å². The first kappa shape index (κ1) is 30.9. The number of nitrogens with zero attached hydrogens (tertiary/aromatic N) is 1. The molecule has 8 rings (SSSR count). The van der Waals surface area contributed by atoms with Crippen LogP contribution in [0.25, 0.3) is 0 Å². The minimum atomic E-state index is -4.55. The Balaban J connectivity index is 1.09. The van der Waals surface area contributed by atoms with E-state index in [1.165, 1.54) is 17.0 Å². The van der Waals surface area contributed by atoms with Crippen molar-refractivity contribution in [3.63, 3.8) is 0 Å². The molecule has 1 aromatic heterocycles. The van der Waals surface area contributed by atoms with E-state index in [9.17, 15) is 32.3 Å². The molecule has 0 radical (unpaired) electrons. The zero-order valence-corrected chi connectivity index (χ0v) is 27.0. The van der Waals surface area contributed by atoms with E-state index in [0.717, 1.165) is 50.9 Å². The summed E-state index contributed by atoms with van der Waals surface area (Å²) in [5, 5.41) is 3.18. The van der Waals surface area contributed by atoms with Crippen LogP contribution in [0.2, 0.25) is 0 Å². The van der Waals surface area contributed by atoms with Crippen LogP contribution in [0.4, 0.5) is 24.5 Å². The van der Waals surface area contributed by atoms with E-state index in [0.29, 0.717) is 11.4 Å². The average Bonchev–Trinajstić information content (AvgIpc) is 3.79. The number of aryl methyl sites for hydroxylation is 1. The number of nitrogens with one attached hydrogen (secondary N) is 2. The number of rotatable bonds is 6. The topological polar surface area (TPSA) is 109 Å². The Hall–Kier alpha value is -4.36. The summed E-state index contributed by atoms with van der Waals surface area (Å²) in [5.74, 6) is -2.11. The standard InChI is InChI=1S/C35H28F3N3O5S2/c1-16-9-11-19(12-10-16)41-32(43)27-21-14-22(28(27)33(41)44)29-26(21)25(30-31(47-29)40-34(45)48-30)20-7-2-3-8-23(20)46-15-24(42)39-18-6-4-5-17(13-18)35(36,37)38/h2-13,21-22,25-29H,14-15H2,1H3,(H,39,42)(H,40,45)/t21?,22?,25-,26?,27?,28?,29?/m1/s1. The van der Waals surface area contributed by atoms with E-state index >= 15 is 0 Å². The third-order valence-corrected chi connectivity index (χ3v) is 12.7. The molecule has 2 aliphatic heterocycles. The number of thiazole rings is 1. The molecule has 4 aromatic rings. The average molecular weight is 692 g/mol. The summed E-state index contributed by atoms with van der Waals surface area (Å²) in [6, 6.07) is 19.0. The summed E-state index contributed by atoms with van der Waals surface area (Å²) >= 11 is 2.69. The van der Waals surface area contributed by atoms with Crippen molar-refractivity contribution in [1.82, 2.24) is 4.98 Å². The predicted molar refractivity (Wildman–Crippen MR) is 174 cm³/mol. The van der Waals surface area contributed by atoms with Gasteiger partial charge in [0.15, 0.2) is 6.61 Å². The van der Waals surface area contributed by atoms with Crippen LogP contribution in [0.15, 0.2) is 82.6 Å². The van der Waals surface area contributed by atoms with Crippen LogP contribution in [0.5, 0.6) is 5.75 Å². The molecule has 0 spiro atoms. The van der Waals surface area contributed by atoms with Crippen molar-refractivity contribution < 1.29 is 32.3 Å². The van der Waals surface area contributed by atoms with E-state index in [4.69, 9.17) is 4.74 Å². The first-order chi connectivity index (χ1) is 23.0. The van der Waals surface area contributed by atoms with Crippen molar-refractivity contribution in [3.05, 3.63) is 104 Å². The van der Waals surface area contributed by atoms with Crippen molar-refractivity contribution in [2.75, 3.05) is 16.8 Å². The van der Waals surface area contributed by atoms with Gasteiger partial charge >= 0.3 is 11.0 Å². The second kappa shape index (κ2) is 11.4. The Morgan fingerprint density at radius 2 is 1.71 bits per heavy atom. The third-order valence-electron chi connectivity index (χ3n) is 10.1. The maximum Gasteiger partial charge on any atom is 0.416 e. The van der Waals surface area contributed by atoms with Crippen LogP contribution in [0.1, 0.15) is 33.9 Å². The van der Waals surface area contributed by atoms with Gasteiger partial charge in [0.25, 0.3) is 5.91 Å². The normalized spacial score (nSPS) is 27.1. The van der Waals surface area contributed by atoms with Gasteiger partial charge in [-0.25, -0.2) is 0 Å². The molecule has 2 saturated carbocycles. The van der Waals surface area contributed by atoms with Gasteiger partial charge in [0.2, 0.25) is 11.8 Å². The fraction of sp³-hybridized carbons (Fsp3) is 0.314. The first-order valence-electron chi connectivity index (χ1n) is 15.5. The summed E-state index contributed by atoms with van der Waals surface area (Å²) in [6.45, 7) is 1.48. The summed E-state index contributed by atoms with van der Waals surface area (Å²) in [4.78, 5) is 58.4. The molecule has 2 N–H and O–H groups in total. The zero-order valence-electron chi connectivity index (χ0n) is 25.3. The van der Waals surface area contributed by atoms with Crippen molar-refractivity contribution in [1.29, 1.82) is 0 Å². The lowest BCUT2D eigenvalue weighted by molar-refractivity contribution is -0.137. The molecule has 3 amide bonds. The molecule has 3 heterocycles. The highest BCUT2D eigenvalue weighted by Crippen LogP contribution is 2.69. The highest BCUT2D eigenvalue weighted by atomic mass is 32.2. The molecular formula is C35H28F3N3O5S2. The number of para-hydroxylation sites is 1. The van der Waals surface area contributed by atoms with Gasteiger partial charge in [0.05, 0.1) is 28.1 Å². The number of imide groups is 1. The molecule has 8 nitrogen and oxygen atoms in total. The number of carbonyl (C=O) groups excluding carboxylic acids is 3. The van der Waals surface area contributed by atoms with Gasteiger partial charge in [-0.15, -0.1) is 11.8 Å². The molecule has 48 heavy (non-hydrogen) atoms. The Kier molecular flexibility index (Phi) is 7.33. The number of aromatic amines is 1. The fourth-order valence-electron chi connectivity index (χ4n) is 8.30. The van der Waals surface area contributed by atoms with E-state index in [1.54, 1.807) is 36.0 Å². The number of benzene rings is 3. The van der Waals surface area contributed by atoms with Crippen LogP contribution in [0, 0.1) is 36.5 Å². The van der Waals surface area contributed by atoms with Gasteiger partial charge in [-0.1, -0.05) is 53.3 Å². The van der Waals surface area contributed by atoms with Crippen LogP contribution >= 0.6 is 23.1 Å². The number of carbonyl (C=O) groups is 3. The number of H-pyrrole nitrogens is 1. The molecule has 3 aromatic carbocycles. The minimum Gasteiger partial charge on any atom is -0.483 e. The largest absolute Gasteiger partial charge is 0.483 e. The summed E-state index contributed by atoms with van der Waals surface area (Å²) < 4.78 is 45.6. The van der Waals surface area contributed by atoms with Crippen molar-refractivity contribution in [2.24, 2.45) is 29.6 Å². The van der Waals surface area contributed by atoms with Crippen molar-refractivity contribution in [2.45, 2.75) is 35.7 Å². The van der Waals surface area contributed by atoms with Crippen LogP contribution in [-0.2, 0) is 20.6 Å². The van der Waals surface area contributed by atoms with Gasteiger partial charge in [0, 0.05) is 27.3 Å². The first-order valence-corrected chi connectivity index (χ1v) is 17.2. The second-order valence-electron chi connectivity index (χ2n) is 12.8. The minimum absolute atomic E-state index is 0.00686. The lowest BCUT2D eigenvalue weighted by atomic mass is 9.68. The van der Waals surface area contributed by atoms with Gasteiger partial charge in [-0.2, -0.15) is 13.2 Å². The molecule has 3 fully saturated rings. The van der Waals surface area contributed by atoms with E-state index in [1.807, 2.05) is 31.2 Å². The van der Waals surface area contributed by atoms with E-state index in [2.05, 4.69) is 10.3 Å². The predicted octanol–water partition coefficient (Wildman–Crippen LogP) is 6.46. The number of alkyl halides is 3. The Morgan fingerprint density at radius 1 is 0.979 bits per heavy atom. The maximum atomic E-state index is 14.0. The van der Waals surface area contributed by atoms with Gasteiger partial charge in [-0.3, -0.25) is 24.1 Å².